The van der Waals surface area contributed by atoms with Crippen LogP contribution in [0.3, 0.4) is 0 Å². The van der Waals surface area contributed by atoms with Crippen molar-refractivity contribution in [3.8, 4) is 17.0 Å². The maximum Gasteiger partial charge on any atom is 0.257 e. The maximum atomic E-state index is 13.5. The number of nitrogens with zero attached hydrogens (tertiary/aromatic N) is 4. The van der Waals surface area contributed by atoms with Crippen LogP contribution in [0.5, 0.6) is 5.75 Å². The number of aromatic nitrogens is 2. The number of hydrogen-bond donors (Lipinski definition) is 1. The van der Waals surface area contributed by atoms with Crippen LogP contribution in [0.15, 0.2) is 91.1 Å². The van der Waals surface area contributed by atoms with Crippen LogP contribution >= 0.6 is 0 Å². The van der Waals surface area contributed by atoms with E-state index in [0.29, 0.717) is 35.1 Å². The Morgan fingerprint density at radius 3 is 2.36 bits per heavy atom. The molecule has 184 valence electrons. The zero-order valence-corrected chi connectivity index (χ0v) is 20.7. The number of amides is 1. The molecule has 7 heteroatoms. The first-order valence-electron chi connectivity index (χ1n) is 11.7. The summed E-state index contributed by atoms with van der Waals surface area (Å²) >= 11 is 0. The molecule has 1 amide bonds. The molecule has 1 atom stereocenters. The Labute approximate surface area is 211 Å². The molecule has 0 aliphatic rings. The summed E-state index contributed by atoms with van der Waals surface area (Å²) in [5.41, 5.74) is 3.55. The summed E-state index contributed by atoms with van der Waals surface area (Å²) in [4.78, 5) is 26.2. The van der Waals surface area contributed by atoms with Gasteiger partial charge in [0.15, 0.2) is 0 Å². The average Bonchev–Trinajstić information content (AvgIpc) is 2.93. The van der Waals surface area contributed by atoms with Gasteiger partial charge in [-0.25, -0.2) is 9.97 Å². The van der Waals surface area contributed by atoms with Gasteiger partial charge in [0.05, 0.1) is 31.0 Å². The van der Waals surface area contributed by atoms with Gasteiger partial charge in [0, 0.05) is 32.4 Å². The van der Waals surface area contributed by atoms with Gasteiger partial charge in [0.25, 0.3) is 5.91 Å². The highest BCUT2D eigenvalue weighted by molar-refractivity contribution is 5.99. The van der Waals surface area contributed by atoms with E-state index in [2.05, 4.69) is 17.1 Å². The van der Waals surface area contributed by atoms with Crippen LogP contribution < -0.4 is 9.64 Å². The lowest BCUT2D eigenvalue weighted by atomic mass is 10.1. The van der Waals surface area contributed by atoms with Crippen molar-refractivity contribution in [2.24, 2.45) is 0 Å². The quantitative estimate of drug-likeness (QED) is 0.376. The van der Waals surface area contributed by atoms with E-state index in [1.807, 2.05) is 72.6 Å². The van der Waals surface area contributed by atoms with E-state index in [0.717, 1.165) is 11.1 Å². The van der Waals surface area contributed by atoms with Crippen LogP contribution in [-0.2, 0) is 6.54 Å². The van der Waals surface area contributed by atoms with Crippen molar-refractivity contribution >= 4 is 11.9 Å². The van der Waals surface area contributed by atoms with Crippen molar-refractivity contribution in [2.75, 3.05) is 32.6 Å². The summed E-state index contributed by atoms with van der Waals surface area (Å²) in [5.74, 6) is 0.900. The van der Waals surface area contributed by atoms with Crippen molar-refractivity contribution in [2.45, 2.75) is 12.6 Å². The first-order chi connectivity index (χ1) is 17.5. The van der Waals surface area contributed by atoms with Gasteiger partial charge in [0.2, 0.25) is 5.95 Å². The minimum atomic E-state index is -0.869. The standard InChI is InChI=1S/C29H30N4O3/c1-32(20-26(34)23-15-10-16-24(17-23)36-3)28(35)25-18-30-29(31-27(25)22-13-8-5-9-14-22)33(2)19-21-11-6-4-7-12-21/h4-18,26,34H,19-20H2,1-3H3. The Morgan fingerprint density at radius 1 is 0.972 bits per heavy atom. The molecule has 0 bridgehead atoms. The van der Waals surface area contributed by atoms with Crippen LogP contribution in [0.25, 0.3) is 11.3 Å². The maximum absolute atomic E-state index is 13.5. The molecular formula is C29H30N4O3. The Kier molecular flexibility index (Phi) is 7.92. The predicted octanol–water partition coefficient (Wildman–Crippen LogP) is 4.59. The summed E-state index contributed by atoms with van der Waals surface area (Å²) in [7, 11) is 5.17. The van der Waals surface area contributed by atoms with E-state index in [-0.39, 0.29) is 12.5 Å². The molecule has 1 unspecified atom stereocenters. The first kappa shape index (κ1) is 24.9. The second kappa shape index (κ2) is 11.5. The number of rotatable bonds is 9. The van der Waals surface area contributed by atoms with Crippen LogP contribution in [0.4, 0.5) is 5.95 Å². The molecule has 4 aromatic rings. The van der Waals surface area contributed by atoms with E-state index in [9.17, 15) is 9.90 Å². The lowest BCUT2D eigenvalue weighted by Crippen LogP contribution is -2.32. The van der Waals surface area contributed by atoms with Crippen molar-refractivity contribution in [3.05, 3.63) is 108 Å². The van der Waals surface area contributed by atoms with E-state index < -0.39 is 6.10 Å². The predicted molar refractivity (Wildman–Crippen MR) is 141 cm³/mol. The fourth-order valence-electron chi connectivity index (χ4n) is 3.96. The Bertz CT molecular complexity index is 1300. The molecule has 4 rings (SSSR count). The molecule has 0 saturated carbocycles. The zero-order chi connectivity index (χ0) is 25.5. The molecule has 0 radical (unpaired) electrons. The molecule has 3 aromatic carbocycles. The van der Waals surface area contributed by atoms with Crippen molar-refractivity contribution in [1.29, 1.82) is 0 Å². The van der Waals surface area contributed by atoms with Gasteiger partial charge in [-0.1, -0.05) is 72.8 Å². The minimum Gasteiger partial charge on any atom is -0.497 e. The molecule has 0 aliphatic heterocycles. The Morgan fingerprint density at radius 2 is 1.67 bits per heavy atom. The van der Waals surface area contributed by atoms with Crippen molar-refractivity contribution in [3.63, 3.8) is 0 Å². The van der Waals surface area contributed by atoms with E-state index in [1.165, 1.54) is 4.90 Å². The molecule has 0 spiro atoms. The van der Waals surface area contributed by atoms with Crippen LogP contribution in [-0.4, -0.2) is 53.6 Å². The van der Waals surface area contributed by atoms with E-state index in [1.54, 1.807) is 32.5 Å². The van der Waals surface area contributed by atoms with Crippen LogP contribution in [0.2, 0.25) is 0 Å². The third-order valence-corrected chi connectivity index (χ3v) is 5.93. The molecule has 0 saturated heterocycles. The highest BCUT2D eigenvalue weighted by Crippen LogP contribution is 2.26. The van der Waals surface area contributed by atoms with Gasteiger partial charge in [-0.2, -0.15) is 0 Å². The Hall–Kier alpha value is -4.23. The number of benzene rings is 3. The summed E-state index contributed by atoms with van der Waals surface area (Å²) < 4.78 is 5.25. The molecule has 1 N–H and O–H groups in total. The topological polar surface area (TPSA) is 78.8 Å². The molecule has 7 nitrogen and oxygen atoms in total. The SMILES string of the molecule is COc1cccc(C(O)CN(C)C(=O)c2cnc(N(C)Cc3ccccc3)nc2-c2ccccc2)c1. The summed E-state index contributed by atoms with van der Waals surface area (Å²) in [6, 6.07) is 26.9. The molecule has 0 aliphatic carbocycles. The summed E-state index contributed by atoms with van der Waals surface area (Å²) in [6.07, 6.45) is 0.703. The number of aliphatic hydroxyl groups is 1. The summed E-state index contributed by atoms with van der Waals surface area (Å²) in [6.45, 7) is 0.741. The number of aliphatic hydroxyl groups excluding tert-OH is 1. The second-order valence-corrected chi connectivity index (χ2v) is 8.62. The van der Waals surface area contributed by atoms with Crippen molar-refractivity contribution < 1.29 is 14.6 Å². The van der Waals surface area contributed by atoms with E-state index in [4.69, 9.17) is 9.72 Å². The first-order valence-corrected chi connectivity index (χ1v) is 11.7. The lowest BCUT2D eigenvalue weighted by molar-refractivity contribution is 0.0681. The molecular weight excluding hydrogens is 452 g/mol. The monoisotopic (exact) mass is 482 g/mol. The van der Waals surface area contributed by atoms with Gasteiger partial charge in [0.1, 0.15) is 5.75 Å². The lowest BCUT2D eigenvalue weighted by Gasteiger charge is -2.23. The van der Waals surface area contributed by atoms with Gasteiger partial charge in [-0.3, -0.25) is 4.79 Å². The van der Waals surface area contributed by atoms with E-state index >= 15 is 0 Å². The van der Waals surface area contributed by atoms with Crippen LogP contribution in [0.1, 0.15) is 27.6 Å². The van der Waals surface area contributed by atoms with Gasteiger partial charge in [-0.05, 0) is 23.3 Å². The second-order valence-electron chi connectivity index (χ2n) is 8.62. The van der Waals surface area contributed by atoms with Crippen LogP contribution in [0, 0.1) is 0 Å². The molecule has 0 fully saturated rings. The number of carbonyl (C=O) groups excluding carboxylic acids is 1. The molecule has 1 aromatic heterocycles. The Balaban J connectivity index is 1.60. The number of methoxy groups -OCH3 is 1. The number of anilines is 1. The smallest absolute Gasteiger partial charge is 0.257 e. The summed E-state index contributed by atoms with van der Waals surface area (Å²) in [5, 5.41) is 10.8. The zero-order valence-electron chi connectivity index (χ0n) is 20.7. The van der Waals surface area contributed by atoms with Gasteiger partial charge >= 0.3 is 0 Å². The molecule has 36 heavy (non-hydrogen) atoms. The fourth-order valence-corrected chi connectivity index (χ4v) is 3.96. The number of hydrogen-bond acceptors (Lipinski definition) is 6. The van der Waals surface area contributed by atoms with Gasteiger partial charge in [-0.15, -0.1) is 0 Å². The third kappa shape index (κ3) is 5.87. The third-order valence-electron chi connectivity index (χ3n) is 5.93. The normalized spacial score (nSPS) is 11.6. The molecule has 1 heterocycles. The highest BCUT2D eigenvalue weighted by Gasteiger charge is 2.23. The largest absolute Gasteiger partial charge is 0.497 e. The average molecular weight is 483 g/mol. The number of ether oxygens (including phenoxy) is 1. The van der Waals surface area contributed by atoms with Crippen molar-refractivity contribution in [1.82, 2.24) is 14.9 Å². The minimum absolute atomic E-state index is 0.107. The fraction of sp³-hybridized carbons (Fsp3) is 0.207. The number of carbonyl (C=O) groups is 1. The highest BCUT2D eigenvalue weighted by atomic mass is 16.5. The number of likely N-dealkylation sites (N-methyl/N-ethyl adjacent to an activating group) is 1. The van der Waals surface area contributed by atoms with Gasteiger partial charge < -0.3 is 19.6 Å².